The topological polar surface area (TPSA) is 47.6 Å². The molecule has 3 aromatic carbocycles. The molecule has 0 aliphatic heterocycles. The lowest BCUT2D eigenvalue weighted by Gasteiger charge is -2.10. The fourth-order valence-electron chi connectivity index (χ4n) is 2.53. The standard InChI is InChI=1S/C23H23NO3/c1-2-15-26-22-10-6-9-20(16-22)24-23(25)19-11-13-21(14-12-19)27-17-18-7-4-3-5-8-18/h3-14,16H,2,15,17H2,1H3,(H,24,25). The highest BCUT2D eigenvalue weighted by Crippen LogP contribution is 2.19. The number of anilines is 1. The van der Waals surface area contributed by atoms with Crippen molar-refractivity contribution in [2.75, 3.05) is 11.9 Å². The highest BCUT2D eigenvalue weighted by Gasteiger charge is 2.07. The van der Waals surface area contributed by atoms with Crippen LogP contribution in [-0.2, 0) is 6.61 Å². The molecule has 0 atom stereocenters. The van der Waals surface area contributed by atoms with Crippen LogP contribution in [0.15, 0.2) is 78.9 Å². The molecule has 0 aliphatic rings. The SMILES string of the molecule is CCCOc1cccc(NC(=O)c2ccc(OCc3ccccc3)cc2)c1. The van der Waals surface area contributed by atoms with Crippen molar-refractivity contribution in [3.8, 4) is 11.5 Å². The molecule has 0 fully saturated rings. The van der Waals surface area contributed by atoms with Crippen molar-refractivity contribution in [3.05, 3.63) is 90.0 Å². The molecule has 138 valence electrons. The minimum atomic E-state index is -0.169. The van der Waals surface area contributed by atoms with Gasteiger partial charge in [-0.05, 0) is 48.4 Å². The van der Waals surface area contributed by atoms with Crippen molar-refractivity contribution in [1.29, 1.82) is 0 Å². The third-order valence-electron chi connectivity index (χ3n) is 3.93. The Balaban J connectivity index is 1.57. The molecule has 0 saturated heterocycles. The first kappa shape index (κ1) is 18.5. The zero-order valence-electron chi connectivity index (χ0n) is 15.4. The van der Waals surface area contributed by atoms with E-state index in [1.165, 1.54) is 0 Å². The van der Waals surface area contributed by atoms with Gasteiger partial charge in [0.1, 0.15) is 18.1 Å². The summed E-state index contributed by atoms with van der Waals surface area (Å²) >= 11 is 0. The number of amides is 1. The van der Waals surface area contributed by atoms with Gasteiger partial charge in [0.25, 0.3) is 5.91 Å². The van der Waals surface area contributed by atoms with Crippen LogP contribution in [0.25, 0.3) is 0 Å². The predicted octanol–water partition coefficient (Wildman–Crippen LogP) is 5.31. The maximum Gasteiger partial charge on any atom is 0.255 e. The number of rotatable bonds is 8. The number of hydrogen-bond donors (Lipinski definition) is 1. The summed E-state index contributed by atoms with van der Waals surface area (Å²) in [6.45, 7) is 3.21. The van der Waals surface area contributed by atoms with Gasteiger partial charge in [-0.1, -0.05) is 43.3 Å². The third-order valence-corrected chi connectivity index (χ3v) is 3.93. The Kier molecular flexibility index (Phi) is 6.47. The van der Waals surface area contributed by atoms with Gasteiger partial charge in [0.05, 0.1) is 6.61 Å². The van der Waals surface area contributed by atoms with Gasteiger partial charge in [-0.15, -0.1) is 0 Å². The maximum absolute atomic E-state index is 12.4. The van der Waals surface area contributed by atoms with Gasteiger partial charge in [-0.3, -0.25) is 4.79 Å². The summed E-state index contributed by atoms with van der Waals surface area (Å²) in [5.41, 5.74) is 2.38. The molecule has 0 saturated carbocycles. The molecule has 4 heteroatoms. The lowest BCUT2D eigenvalue weighted by Crippen LogP contribution is -2.11. The first-order valence-electron chi connectivity index (χ1n) is 9.05. The van der Waals surface area contributed by atoms with Crippen molar-refractivity contribution in [1.82, 2.24) is 0 Å². The molecule has 0 spiro atoms. The molecular weight excluding hydrogens is 338 g/mol. The summed E-state index contributed by atoms with van der Waals surface area (Å²) in [4.78, 5) is 12.4. The van der Waals surface area contributed by atoms with E-state index in [0.29, 0.717) is 24.5 Å². The highest BCUT2D eigenvalue weighted by atomic mass is 16.5. The van der Waals surface area contributed by atoms with E-state index in [4.69, 9.17) is 9.47 Å². The Morgan fingerprint density at radius 1 is 0.852 bits per heavy atom. The molecule has 0 radical (unpaired) electrons. The van der Waals surface area contributed by atoms with E-state index in [0.717, 1.165) is 23.5 Å². The largest absolute Gasteiger partial charge is 0.494 e. The first-order valence-corrected chi connectivity index (χ1v) is 9.05. The van der Waals surface area contributed by atoms with Crippen LogP contribution in [0, 0.1) is 0 Å². The van der Waals surface area contributed by atoms with Crippen LogP contribution in [-0.4, -0.2) is 12.5 Å². The second-order valence-electron chi connectivity index (χ2n) is 6.13. The van der Waals surface area contributed by atoms with Gasteiger partial charge in [0.15, 0.2) is 0 Å². The summed E-state index contributed by atoms with van der Waals surface area (Å²) in [6.07, 6.45) is 0.940. The Morgan fingerprint density at radius 2 is 1.63 bits per heavy atom. The number of nitrogens with one attached hydrogen (secondary N) is 1. The first-order chi connectivity index (χ1) is 13.2. The van der Waals surface area contributed by atoms with Crippen LogP contribution in [0.2, 0.25) is 0 Å². The van der Waals surface area contributed by atoms with E-state index < -0.39 is 0 Å². The number of carbonyl (C=O) groups is 1. The predicted molar refractivity (Wildman–Crippen MR) is 107 cm³/mol. The summed E-state index contributed by atoms with van der Waals surface area (Å²) in [5, 5.41) is 2.89. The van der Waals surface area contributed by atoms with Crippen LogP contribution in [0.4, 0.5) is 5.69 Å². The summed E-state index contributed by atoms with van der Waals surface area (Å²) in [6, 6.07) is 24.5. The van der Waals surface area contributed by atoms with Crippen molar-refractivity contribution in [3.63, 3.8) is 0 Å². The molecule has 1 amide bonds. The van der Waals surface area contributed by atoms with Gasteiger partial charge in [0, 0.05) is 17.3 Å². The number of ether oxygens (including phenoxy) is 2. The molecule has 4 nitrogen and oxygen atoms in total. The maximum atomic E-state index is 12.4. The minimum Gasteiger partial charge on any atom is -0.494 e. The monoisotopic (exact) mass is 361 g/mol. The zero-order chi connectivity index (χ0) is 18.9. The van der Waals surface area contributed by atoms with Crippen LogP contribution >= 0.6 is 0 Å². The summed E-state index contributed by atoms with van der Waals surface area (Å²) in [7, 11) is 0. The summed E-state index contributed by atoms with van der Waals surface area (Å²) < 4.78 is 11.3. The van der Waals surface area contributed by atoms with Crippen molar-refractivity contribution in [2.24, 2.45) is 0 Å². The minimum absolute atomic E-state index is 0.169. The normalized spacial score (nSPS) is 10.3. The van der Waals surface area contributed by atoms with E-state index in [2.05, 4.69) is 12.2 Å². The van der Waals surface area contributed by atoms with Crippen LogP contribution in [0.5, 0.6) is 11.5 Å². The highest BCUT2D eigenvalue weighted by molar-refractivity contribution is 6.04. The van der Waals surface area contributed by atoms with Crippen LogP contribution in [0.3, 0.4) is 0 Å². The van der Waals surface area contributed by atoms with Crippen molar-refractivity contribution >= 4 is 11.6 Å². The van der Waals surface area contributed by atoms with Gasteiger partial charge >= 0.3 is 0 Å². The van der Waals surface area contributed by atoms with E-state index in [9.17, 15) is 4.79 Å². The van der Waals surface area contributed by atoms with E-state index in [1.807, 2.05) is 54.6 Å². The number of carbonyl (C=O) groups excluding carboxylic acids is 1. The molecule has 3 rings (SSSR count). The molecule has 27 heavy (non-hydrogen) atoms. The smallest absolute Gasteiger partial charge is 0.255 e. The fourth-order valence-corrected chi connectivity index (χ4v) is 2.53. The second-order valence-corrected chi connectivity index (χ2v) is 6.13. The van der Waals surface area contributed by atoms with Gasteiger partial charge in [-0.25, -0.2) is 0 Å². The zero-order valence-corrected chi connectivity index (χ0v) is 15.4. The molecule has 0 heterocycles. The van der Waals surface area contributed by atoms with E-state index in [1.54, 1.807) is 24.3 Å². The van der Waals surface area contributed by atoms with Crippen LogP contribution < -0.4 is 14.8 Å². The van der Waals surface area contributed by atoms with Crippen molar-refractivity contribution < 1.29 is 14.3 Å². The van der Waals surface area contributed by atoms with E-state index in [-0.39, 0.29) is 5.91 Å². The Morgan fingerprint density at radius 3 is 2.37 bits per heavy atom. The molecule has 0 bridgehead atoms. The Hall–Kier alpha value is -3.27. The molecule has 1 N–H and O–H groups in total. The molecule has 0 unspecified atom stereocenters. The third kappa shape index (κ3) is 5.61. The lowest BCUT2D eigenvalue weighted by molar-refractivity contribution is 0.102. The average molecular weight is 361 g/mol. The molecule has 3 aromatic rings. The molecular formula is C23H23NO3. The Labute approximate surface area is 159 Å². The second kappa shape index (κ2) is 9.43. The Bertz CT molecular complexity index is 860. The molecule has 0 aromatic heterocycles. The van der Waals surface area contributed by atoms with Gasteiger partial charge in [-0.2, -0.15) is 0 Å². The average Bonchev–Trinajstić information content (AvgIpc) is 2.72. The van der Waals surface area contributed by atoms with Gasteiger partial charge in [0.2, 0.25) is 0 Å². The number of hydrogen-bond acceptors (Lipinski definition) is 3. The van der Waals surface area contributed by atoms with Crippen molar-refractivity contribution in [2.45, 2.75) is 20.0 Å². The van der Waals surface area contributed by atoms with Crippen LogP contribution in [0.1, 0.15) is 29.3 Å². The summed E-state index contributed by atoms with van der Waals surface area (Å²) in [5.74, 6) is 1.31. The quantitative estimate of drug-likeness (QED) is 0.592. The van der Waals surface area contributed by atoms with Gasteiger partial charge < -0.3 is 14.8 Å². The van der Waals surface area contributed by atoms with E-state index >= 15 is 0 Å². The lowest BCUT2D eigenvalue weighted by atomic mass is 10.2. The molecule has 0 aliphatic carbocycles. The number of benzene rings is 3. The fraction of sp³-hybridized carbons (Fsp3) is 0.174.